The minimum atomic E-state index is -1.09. The Balaban J connectivity index is 0.000000262. The highest BCUT2D eigenvalue weighted by Gasteiger charge is 2.14. The van der Waals surface area contributed by atoms with Gasteiger partial charge in [-0.1, -0.05) is 41.4 Å². The zero-order valence-electron chi connectivity index (χ0n) is 11.0. The van der Waals surface area contributed by atoms with Crippen LogP contribution >= 0.6 is 23.2 Å². The molecule has 1 atom stereocenters. The summed E-state index contributed by atoms with van der Waals surface area (Å²) in [5.74, 6) is -1.09. The Morgan fingerprint density at radius 1 is 1.00 bits per heavy atom. The number of hydrogen-bond acceptors (Lipinski definition) is 3. The Hall–Kier alpha value is -1.75. The zero-order valence-corrected chi connectivity index (χ0v) is 12.6. The molecule has 0 spiro atoms. The average Bonchev–Trinajstić information content (AvgIpc) is 2.48. The van der Waals surface area contributed by atoms with Crippen LogP contribution in [0.15, 0.2) is 54.6 Å². The lowest BCUT2D eigenvalue weighted by molar-refractivity contribution is -0.138. The second kappa shape index (κ2) is 9.23. The molecule has 4 nitrogen and oxygen atoms in total. The molecule has 0 saturated carbocycles. The quantitative estimate of drug-likeness (QED) is 0.803. The molecule has 0 aliphatic carbocycles. The summed E-state index contributed by atoms with van der Waals surface area (Å²) in [6.45, 7) is -0.460. The number of nitrogens with one attached hydrogen (secondary N) is 1. The number of aliphatic hydroxyl groups is 1. The van der Waals surface area contributed by atoms with E-state index in [-0.39, 0.29) is 0 Å². The highest BCUT2D eigenvalue weighted by Crippen LogP contribution is 2.14. The number of carboxylic acids is 1. The normalized spacial score (nSPS) is 11.0. The van der Waals surface area contributed by atoms with E-state index >= 15 is 0 Å². The maximum absolute atomic E-state index is 10.6. The Morgan fingerprint density at radius 2 is 1.52 bits per heavy atom. The summed E-state index contributed by atoms with van der Waals surface area (Å²) in [4.78, 5) is 10.6. The Morgan fingerprint density at radius 3 is 1.90 bits per heavy atom. The fraction of sp³-hybridized carbons (Fsp3) is 0.133. The second-order valence-corrected chi connectivity index (χ2v) is 4.89. The summed E-state index contributed by atoms with van der Waals surface area (Å²) >= 11 is 11.2. The van der Waals surface area contributed by atoms with Crippen LogP contribution in [0.4, 0.5) is 5.69 Å². The van der Waals surface area contributed by atoms with Crippen molar-refractivity contribution in [2.75, 3.05) is 11.9 Å². The standard InChI is InChI=1S/C9H10ClNO3.C6H5Cl/c10-6-1-3-7(4-2-6)11-8(5-12)9(13)14;7-6-4-2-1-3-5-6/h1-4,8,11-12H,5H2,(H,13,14);1-5H. The third-order valence-electron chi connectivity index (χ3n) is 2.40. The molecular formula is C15H15Cl2NO3. The fourth-order valence-corrected chi connectivity index (χ4v) is 1.62. The third kappa shape index (κ3) is 6.99. The van der Waals surface area contributed by atoms with Crippen molar-refractivity contribution < 1.29 is 15.0 Å². The maximum Gasteiger partial charge on any atom is 0.328 e. The molecular weight excluding hydrogens is 313 g/mol. The van der Waals surface area contributed by atoms with Crippen molar-refractivity contribution in [1.29, 1.82) is 0 Å². The van der Waals surface area contributed by atoms with Crippen LogP contribution in [0.3, 0.4) is 0 Å². The molecule has 3 N–H and O–H groups in total. The molecule has 0 aromatic heterocycles. The Labute approximate surface area is 132 Å². The van der Waals surface area contributed by atoms with Gasteiger partial charge in [-0.15, -0.1) is 0 Å². The molecule has 0 aliphatic heterocycles. The van der Waals surface area contributed by atoms with Crippen LogP contribution in [0.2, 0.25) is 10.0 Å². The van der Waals surface area contributed by atoms with E-state index in [4.69, 9.17) is 33.4 Å². The molecule has 2 aromatic carbocycles. The number of carbonyl (C=O) groups is 1. The van der Waals surface area contributed by atoms with Crippen molar-refractivity contribution >= 4 is 34.9 Å². The number of aliphatic hydroxyl groups excluding tert-OH is 1. The maximum atomic E-state index is 10.6. The van der Waals surface area contributed by atoms with Crippen molar-refractivity contribution in [3.05, 3.63) is 64.6 Å². The lowest BCUT2D eigenvalue weighted by Gasteiger charge is -2.12. The second-order valence-electron chi connectivity index (χ2n) is 4.02. The van der Waals surface area contributed by atoms with Crippen LogP contribution in [0.25, 0.3) is 0 Å². The van der Waals surface area contributed by atoms with Crippen molar-refractivity contribution in [2.24, 2.45) is 0 Å². The molecule has 6 heteroatoms. The molecule has 0 aliphatic rings. The number of benzene rings is 2. The van der Waals surface area contributed by atoms with Crippen molar-refractivity contribution in [3.8, 4) is 0 Å². The van der Waals surface area contributed by atoms with Crippen LogP contribution in [0.5, 0.6) is 0 Å². The van der Waals surface area contributed by atoms with Gasteiger partial charge in [-0.3, -0.25) is 0 Å². The minimum absolute atomic E-state index is 0.460. The summed E-state index contributed by atoms with van der Waals surface area (Å²) in [5, 5.41) is 21.4. The molecule has 2 rings (SSSR count). The first-order valence-corrected chi connectivity index (χ1v) is 6.85. The van der Waals surface area contributed by atoms with Gasteiger partial charge in [0, 0.05) is 15.7 Å². The van der Waals surface area contributed by atoms with Crippen LogP contribution in [-0.2, 0) is 4.79 Å². The van der Waals surface area contributed by atoms with Gasteiger partial charge < -0.3 is 15.5 Å². The third-order valence-corrected chi connectivity index (χ3v) is 2.90. The van der Waals surface area contributed by atoms with Crippen LogP contribution < -0.4 is 5.32 Å². The van der Waals surface area contributed by atoms with E-state index in [1.165, 1.54) is 0 Å². The van der Waals surface area contributed by atoms with E-state index in [1.807, 2.05) is 30.3 Å². The van der Waals surface area contributed by atoms with Gasteiger partial charge in [0.15, 0.2) is 0 Å². The molecule has 0 saturated heterocycles. The molecule has 0 radical (unpaired) electrons. The van der Waals surface area contributed by atoms with Crippen molar-refractivity contribution in [2.45, 2.75) is 6.04 Å². The van der Waals surface area contributed by atoms with Gasteiger partial charge >= 0.3 is 5.97 Å². The van der Waals surface area contributed by atoms with Gasteiger partial charge in [0.25, 0.3) is 0 Å². The molecule has 1 unspecified atom stereocenters. The molecule has 21 heavy (non-hydrogen) atoms. The predicted molar refractivity (Wildman–Crippen MR) is 85.0 cm³/mol. The van der Waals surface area contributed by atoms with E-state index < -0.39 is 18.6 Å². The van der Waals surface area contributed by atoms with E-state index in [2.05, 4.69) is 5.32 Å². The number of carboxylic acid groups (broad SMARTS) is 1. The SMILES string of the molecule is Clc1ccccc1.O=C(O)C(CO)Nc1ccc(Cl)cc1. The zero-order chi connectivity index (χ0) is 15.7. The highest BCUT2D eigenvalue weighted by atomic mass is 35.5. The van der Waals surface area contributed by atoms with Gasteiger partial charge in [0.05, 0.1) is 6.61 Å². The summed E-state index contributed by atoms with van der Waals surface area (Å²) in [7, 11) is 0. The monoisotopic (exact) mass is 327 g/mol. The Bertz CT molecular complexity index is 547. The van der Waals surface area contributed by atoms with Crippen LogP contribution in [0, 0.1) is 0 Å². The van der Waals surface area contributed by atoms with Gasteiger partial charge in [0.2, 0.25) is 0 Å². The first-order chi connectivity index (χ1) is 10.0. The Kier molecular flexibility index (Phi) is 7.61. The largest absolute Gasteiger partial charge is 0.480 e. The molecule has 0 heterocycles. The van der Waals surface area contributed by atoms with Gasteiger partial charge in [-0.05, 0) is 36.4 Å². The lowest BCUT2D eigenvalue weighted by atomic mass is 10.2. The highest BCUT2D eigenvalue weighted by molar-refractivity contribution is 6.30. The van der Waals surface area contributed by atoms with Gasteiger partial charge in [-0.2, -0.15) is 0 Å². The van der Waals surface area contributed by atoms with Crippen molar-refractivity contribution in [1.82, 2.24) is 0 Å². The van der Waals surface area contributed by atoms with Gasteiger partial charge in [0.1, 0.15) is 6.04 Å². The smallest absolute Gasteiger partial charge is 0.328 e. The van der Waals surface area contributed by atoms with Crippen molar-refractivity contribution in [3.63, 3.8) is 0 Å². The number of hydrogen-bond donors (Lipinski definition) is 3. The van der Waals surface area contributed by atoms with E-state index in [0.717, 1.165) is 5.02 Å². The van der Waals surface area contributed by atoms with Crippen LogP contribution in [0.1, 0.15) is 0 Å². The van der Waals surface area contributed by atoms with Crippen LogP contribution in [-0.4, -0.2) is 28.8 Å². The first kappa shape index (κ1) is 17.3. The minimum Gasteiger partial charge on any atom is -0.480 e. The lowest BCUT2D eigenvalue weighted by Crippen LogP contribution is -2.32. The number of aliphatic carboxylic acids is 1. The topological polar surface area (TPSA) is 69.6 Å². The summed E-state index contributed by atoms with van der Waals surface area (Å²) in [5.41, 5.74) is 0.607. The molecule has 0 bridgehead atoms. The number of anilines is 1. The first-order valence-electron chi connectivity index (χ1n) is 6.09. The van der Waals surface area contributed by atoms with Gasteiger partial charge in [-0.25, -0.2) is 4.79 Å². The van der Waals surface area contributed by atoms with E-state index in [1.54, 1.807) is 24.3 Å². The number of rotatable bonds is 4. The summed E-state index contributed by atoms with van der Waals surface area (Å²) < 4.78 is 0. The molecule has 0 amide bonds. The average molecular weight is 328 g/mol. The van der Waals surface area contributed by atoms with E-state index in [9.17, 15) is 4.79 Å². The fourth-order valence-electron chi connectivity index (χ4n) is 1.35. The molecule has 0 fully saturated rings. The molecule has 2 aromatic rings. The summed E-state index contributed by atoms with van der Waals surface area (Å²) in [6.07, 6.45) is 0. The van der Waals surface area contributed by atoms with E-state index in [0.29, 0.717) is 10.7 Å². The summed E-state index contributed by atoms with van der Waals surface area (Å²) in [6, 6.07) is 15.0. The predicted octanol–water partition coefficient (Wildman–Crippen LogP) is 3.54. The number of halogens is 2. The molecule has 112 valence electrons.